The monoisotopic (exact) mass is 331 g/mol. The minimum absolute atomic E-state index is 0.260. The predicted molar refractivity (Wildman–Crippen MR) is 96.7 cm³/mol. The molecule has 0 bridgehead atoms. The molecular weight excluding hydrogens is 310 g/mol. The lowest BCUT2D eigenvalue weighted by Crippen LogP contribution is -2.18. The Hall–Kier alpha value is -2.28. The number of rotatable bonds is 6. The number of imidazole rings is 1. The number of nitrogens with zero attached hydrogens (tertiary/aromatic N) is 3. The summed E-state index contributed by atoms with van der Waals surface area (Å²) in [6.07, 6.45) is 5.66. The standard InChI is InChI=1S/C16H21N5OS/c1-5-11(8-7-10(3)4)9-21-14-12(18-16(21)22)13(17)19-15(20-14)23-6-2/h5,7-8H,1,6,9H2,2-4H3,(H,18,22)(H2,17,19,20)/b11-8+. The number of aromatic nitrogens is 4. The zero-order valence-electron chi connectivity index (χ0n) is 13.6. The first-order valence-corrected chi connectivity index (χ1v) is 8.30. The van der Waals surface area contributed by atoms with Crippen molar-refractivity contribution in [1.82, 2.24) is 19.5 Å². The van der Waals surface area contributed by atoms with Crippen LogP contribution in [0.25, 0.3) is 11.2 Å². The van der Waals surface area contributed by atoms with Crippen molar-refractivity contribution >= 4 is 28.7 Å². The van der Waals surface area contributed by atoms with Gasteiger partial charge in [-0.1, -0.05) is 49.1 Å². The van der Waals surface area contributed by atoms with Crippen LogP contribution in [0.3, 0.4) is 0 Å². The van der Waals surface area contributed by atoms with Crippen LogP contribution >= 0.6 is 11.8 Å². The Kier molecular flexibility index (Phi) is 5.44. The molecule has 0 atom stereocenters. The predicted octanol–water partition coefficient (Wildman–Crippen LogP) is 2.89. The van der Waals surface area contributed by atoms with Gasteiger partial charge < -0.3 is 10.7 Å². The fourth-order valence-electron chi connectivity index (χ4n) is 2.01. The molecule has 0 fully saturated rings. The first-order chi connectivity index (χ1) is 11.0. The van der Waals surface area contributed by atoms with Crippen LogP contribution in [0.1, 0.15) is 20.8 Å². The normalized spacial score (nSPS) is 11.7. The van der Waals surface area contributed by atoms with Crippen LogP contribution in [0, 0.1) is 0 Å². The van der Waals surface area contributed by atoms with E-state index < -0.39 is 0 Å². The molecule has 0 aliphatic carbocycles. The van der Waals surface area contributed by atoms with Gasteiger partial charge in [-0.05, 0) is 25.2 Å². The maximum Gasteiger partial charge on any atom is 0.328 e. The van der Waals surface area contributed by atoms with E-state index in [0.29, 0.717) is 22.9 Å². The van der Waals surface area contributed by atoms with E-state index in [1.165, 1.54) is 17.3 Å². The second-order valence-electron chi connectivity index (χ2n) is 5.23. The number of nitrogen functional groups attached to an aromatic ring is 1. The maximum absolute atomic E-state index is 12.2. The third-order valence-corrected chi connectivity index (χ3v) is 3.87. The topological polar surface area (TPSA) is 89.6 Å². The van der Waals surface area contributed by atoms with Gasteiger partial charge in [0, 0.05) is 0 Å². The van der Waals surface area contributed by atoms with Crippen molar-refractivity contribution in [2.75, 3.05) is 11.5 Å². The first kappa shape index (κ1) is 17.1. The van der Waals surface area contributed by atoms with Crippen molar-refractivity contribution in [2.45, 2.75) is 32.5 Å². The van der Waals surface area contributed by atoms with Gasteiger partial charge in [0.15, 0.2) is 16.6 Å². The Morgan fingerprint density at radius 3 is 2.74 bits per heavy atom. The van der Waals surface area contributed by atoms with E-state index in [4.69, 9.17) is 5.73 Å². The highest BCUT2D eigenvalue weighted by atomic mass is 32.2. The number of fused-ring (bicyclic) bond motifs is 1. The lowest BCUT2D eigenvalue weighted by Gasteiger charge is -2.05. The molecule has 0 aliphatic rings. The average Bonchev–Trinajstić information content (AvgIpc) is 2.80. The Morgan fingerprint density at radius 2 is 2.13 bits per heavy atom. The molecule has 7 heteroatoms. The summed E-state index contributed by atoms with van der Waals surface area (Å²) in [4.78, 5) is 23.6. The minimum atomic E-state index is -0.260. The summed E-state index contributed by atoms with van der Waals surface area (Å²) >= 11 is 1.49. The molecule has 0 saturated carbocycles. The highest BCUT2D eigenvalue weighted by molar-refractivity contribution is 7.99. The SMILES string of the molecule is C=C/C(=C\C=C(C)C)Cn1c(=O)[nH]c2c(N)nc(SCC)nc21. The molecule has 23 heavy (non-hydrogen) atoms. The molecule has 0 aliphatic heterocycles. The summed E-state index contributed by atoms with van der Waals surface area (Å²) in [5.74, 6) is 1.12. The molecule has 0 saturated heterocycles. The van der Waals surface area contributed by atoms with Gasteiger partial charge in [0.1, 0.15) is 5.52 Å². The van der Waals surface area contributed by atoms with Gasteiger partial charge in [-0.15, -0.1) is 0 Å². The summed E-state index contributed by atoms with van der Waals surface area (Å²) in [5, 5.41) is 0.568. The number of allylic oxidation sites excluding steroid dienone is 5. The van der Waals surface area contributed by atoms with Crippen molar-refractivity contribution in [2.24, 2.45) is 0 Å². The Labute approximate surface area is 139 Å². The van der Waals surface area contributed by atoms with Gasteiger partial charge in [-0.25, -0.2) is 14.8 Å². The summed E-state index contributed by atoms with van der Waals surface area (Å²) < 4.78 is 1.56. The third-order valence-electron chi connectivity index (χ3n) is 3.14. The number of hydrogen-bond acceptors (Lipinski definition) is 5. The number of aromatic amines is 1. The van der Waals surface area contributed by atoms with Gasteiger partial charge in [0.05, 0.1) is 6.54 Å². The molecular formula is C16H21N5OS. The highest BCUT2D eigenvalue weighted by Gasteiger charge is 2.14. The molecule has 0 amide bonds. The van der Waals surface area contributed by atoms with Crippen LogP contribution in [-0.4, -0.2) is 25.3 Å². The summed E-state index contributed by atoms with van der Waals surface area (Å²) in [7, 11) is 0. The zero-order valence-corrected chi connectivity index (χ0v) is 14.4. The van der Waals surface area contributed by atoms with Crippen LogP contribution in [-0.2, 0) is 6.54 Å². The van der Waals surface area contributed by atoms with Crippen LogP contribution in [0.5, 0.6) is 0 Å². The van der Waals surface area contributed by atoms with Gasteiger partial charge in [0.25, 0.3) is 0 Å². The maximum atomic E-state index is 12.2. The second kappa shape index (κ2) is 7.32. The van der Waals surface area contributed by atoms with Crippen molar-refractivity contribution in [3.8, 4) is 0 Å². The molecule has 2 rings (SSSR count). The molecule has 0 unspecified atom stereocenters. The van der Waals surface area contributed by atoms with E-state index >= 15 is 0 Å². The number of hydrogen-bond donors (Lipinski definition) is 2. The van der Waals surface area contributed by atoms with Crippen LogP contribution in [0.4, 0.5) is 5.82 Å². The summed E-state index contributed by atoms with van der Waals surface area (Å²) in [6.45, 7) is 10.2. The number of nitrogens with two attached hydrogens (primary N) is 1. The van der Waals surface area contributed by atoms with Crippen LogP contribution in [0.2, 0.25) is 0 Å². The summed E-state index contributed by atoms with van der Waals surface area (Å²) in [6, 6.07) is 0. The van der Waals surface area contributed by atoms with Gasteiger partial charge in [-0.2, -0.15) is 0 Å². The van der Waals surface area contributed by atoms with Crippen molar-refractivity contribution in [1.29, 1.82) is 0 Å². The highest BCUT2D eigenvalue weighted by Crippen LogP contribution is 2.20. The molecule has 2 aromatic heterocycles. The van der Waals surface area contributed by atoms with E-state index in [2.05, 4.69) is 21.5 Å². The van der Waals surface area contributed by atoms with Crippen LogP contribution < -0.4 is 11.4 Å². The van der Waals surface area contributed by atoms with E-state index in [1.54, 1.807) is 10.6 Å². The van der Waals surface area contributed by atoms with Gasteiger partial charge in [-0.3, -0.25) is 4.57 Å². The quantitative estimate of drug-likeness (QED) is 0.482. The number of nitrogens with one attached hydrogen (secondary N) is 1. The Balaban J connectivity index is 2.53. The Bertz CT molecular complexity index is 840. The second-order valence-corrected chi connectivity index (χ2v) is 6.46. The molecule has 0 radical (unpaired) electrons. The number of H-pyrrole nitrogens is 1. The zero-order chi connectivity index (χ0) is 17.0. The average molecular weight is 331 g/mol. The number of thioether (sulfide) groups is 1. The first-order valence-electron chi connectivity index (χ1n) is 7.31. The van der Waals surface area contributed by atoms with E-state index in [-0.39, 0.29) is 11.5 Å². The van der Waals surface area contributed by atoms with Crippen molar-refractivity contribution in [3.63, 3.8) is 0 Å². The fourth-order valence-corrected chi connectivity index (χ4v) is 2.58. The molecule has 0 aromatic carbocycles. The molecule has 3 N–H and O–H groups in total. The smallest absolute Gasteiger partial charge is 0.328 e. The molecule has 2 aromatic rings. The van der Waals surface area contributed by atoms with Crippen molar-refractivity contribution in [3.05, 3.63) is 46.4 Å². The summed E-state index contributed by atoms with van der Waals surface area (Å²) in [5.41, 5.74) is 8.75. The number of anilines is 1. The molecule has 2 heterocycles. The Morgan fingerprint density at radius 1 is 1.39 bits per heavy atom. The lowest BCUT2D eigenvalue weighted by atomic mass is 10.2. The minimum Gasteiger partial charge on any atom is -0.382 e. The van der Waals surface area contributed by atoms with E-state index in [1.807, 2.05) is 32.9 Å². The van der Waals surface area contributed by atoms with E-state index in [0.717, 1.165) is 11.3 Å². The van der Waals surface area contributed by atoms with Crippen molar-refractivity contribution < 1.29 is 0 Å². The fraction of sp³-hybridized carbons (Fsp3) is 0.312. The third kappa shape index (κ3) is 3.92. The largest absolute Gasteiger partial charge is 0.382 e. The van der Waals surface area contributed by atoms with Gasteiger partial charge in [0.2, 0.25) is 0 Å². The molecule has 6 nitrogen and oxygen atoms in total. The van der Waals surface area contributed by atoms with E-state index in [9.17, 15) is 4.79 Å². The van der Waals surface area contributed by atoms with Gasteiger partial charge >= 0.3 is 5.69 Å². The lowest BCUT2D eigenvalue weighted by molar-refractivity contribution is 0.771. The van der Waals surface area contributed by atoms with Crippen LogP contribution in [0.15, 0.2) is 45.9 Å². The molecule has 0 spiro atoms. The molecule has 122 valence electrons.